The van der Waals surface area contributed by atoms with Gasteiger partial charge in [-0.15, -0.1) is 11.3 Å². The van der Waals surface area contributed by atoms with Gasteiger partial charge in [-0.1, -0.05) is 29.9 Å². The monoisotopic (exact) mass is 421 g/mol. The molecule has 0 saturated carbocycles. The van der Waals surface area contributed by atoms with E-state index in [9.17, 15) is 13.2 Å². The number of rotatable bonds is 4. The first-order valence-corrected chi connectivity index (χ1v) is 11.8. The summed E-state index contributed by atoms with van der Waals surface area (Å²) in [5, 5.41) is 5.06. The van der Waals surface area contributed by atoms with Crippen LogP contribution in [0.4, 0.5) is 5.13 Å². The Morgan fingerprint density at radius 3 is 2.93 bits per heavy atom. The van der Waals surface area contributed by atoms with Crippen LogP contribution in [-0.4, -0.2) is 36.2 Å². The molecule has 0 radical (unpaired) electrons. The second kappa shape index (κ2) is 7.31. The Morgan fingerprint density at radius 2 is 2.15 bits per heavy atom. The zero-order chi connectivity index (χ0) is 19.0. The van der Waals surface area contributed by atoms with Crippen LogP contribution in [0.25, 0.3) is 10.2 Å². The summed E-state index contributed by atoms with van der Waals surface area (Å²) in [6.07, 6.45) is 2.10. The lowest BCUT2D eigenvalue weighted by Crippen LogP contribution is -2.49. The van der Waals surface area contributed by atoms with Crippen LogP contribution in [0.5, 0.6) is 0 Å². The SMILES string of the molecule is Cc1ccc2nc(NC(=O)C3CCCCN3S(=O)(=O)c3cccs3)sc2c1. The Kier molecular flexibility index (Phi) is 5.02. The topological polar surface area (TPSA) is 79.4 Å². The molecule has 1 atom stereocenters. The summed E-state index contributed by atoms with van der Waals surface area (Å²) in [7, 11) is -3.66. The van der Waals surface area contributed by atoms with Crippen LogP contribution in [0.15, 0.2) is 39.9 Å². The largest absolute Gasteiger partial charge is 0.301 e. The van der Waals surface area contributed by atoms with Gasteiger partial charge in [0.25, 0.3) is 10.0 Å². The van der Waals surface area contributed by atoms with E-state index in [1.54, 1.807) is 17.5 Å². The lowest BCUT2D eigenvalue weighted by molar-refractivity contribution is -0.120. The maximum Gasteiger partial charge on any atom is 0.253 e. The van der Waals surface area contributed by atoms with E-state index >= 15 is 0 Å². The molecule has 1 saturated heterocycles. The number of nitrogens with zero attached hydrogens (tertiary/aromatic N) is 2. The highest BCUT2D eigenvalue weighted by atomic mass is 32.2. The molecule has 2 aromatic heterocycles. The lowest BCUT2D eigenvalue weighted by atomic mass is 10.0. The summed E-state index contributed by atoms with van der Waals surface area (Å²) in [4.78, 5) is 17.3. The zero-order valence-corrected chi connectivity index (χ0v) is 17.2. The average molecular weight is 422 g/mol. The Balaban J connectivity index is 1.58. The molecule has 4 rings (SSSR count). The average Bonchev–Trinajstić information content (AvgIpc) is 3.31. The van der Waals surface area contributed by atoms with Crippen LogP contribution in [0.1, 0.15) is 24.8 Å². The van der Waals surface area contributed by atoms with E-state index in [-0.39, 0.29) is 10.1 Å². The smallest absolute Gasteiger partial charge is 0.253 e. The van der Waals surface area contributed by atoms with Gasteiger partial charge in [0.05, 0.1) is 10.2 Å². The van der Waals surface area contributed by atoms with E-state index in [1.165, 1.54) is 27.0 Å². The maximum absolute atomic E-state index is 12.9. The van der Waals surface area contributed by atoms with E-state index < -0.39 is 16.1 Å². The minimum absolute atomic E-state index is 0.276. The van der Waals surface area contributed by atoms with Gasteiger partial charge in [-0.2, -0.15) is 4.31 Å². The number of anilines is 1. The van der Waals surface area contributed by atoms with E-state index in [4.69, 9.17) is 0 Å². The molecular weight excluding hydrogens is 402 g/mol. The fourth-order valence-corrected chi connectivity index (χ4v) is 7.00. The molecular formula is C18H19N3O3S3. The number of aryl methyl sites for hydroxylation is 1. The summed E-state index contributed by atoms with van der Waals surface area (Å²) < 4.78 is 28.5. The highest BCUT2D eigenvalue weighted by molar-refractivity contribution is 7.91. The van der Waals surface area contributed by atoms with Crippen LogP contribution >= 0.6 is 22.7 Å². The van der Waals surface area contributed by atoms with Crippen molar-refractivity contribution in [2.24, 2.45) is 0 Å². The molecule has 0 bridgehead atoms. The normalized spacial score (nSPS) is 18.6. The molecule has 1 amide bonds. The van der Waals surface area contributed by atoms with Gasteiger partial charge < -0.3 is 5.32 Å². The molecule has 1 aliphatic rings. The number of thiazole rings is 1. The number of carbonyl (C=O) groups is 1. The van der Waals surface area contributed by atoms with Crippen LogP contribution in [0, 0.1) is 6.92 Å². The maximum atomic E-state index is 12.9. The third kappa shape index (κ3) is 3.64. The first kappa shape index (κ1) is 18.5. The minimum Gasteiger partial charge on any atom is -0.301 e. The van der Waals surface area contributed by atoms with Gasteiger partial charge in [0, 0.05) is 6.54 Å². The summed E-state index contributed by atoms with van der Waals surface area (Å²) in [6, 6.07) is 8.50. The van der Waals surface area contributed by atoms with Crippen LogP contribution in [-0.2, 0) is 14.8 Å². The van der Waals surface area contributed by atoms with E-state index in [0.29, 0.717) is 18.1 Å². The van der Waals surface area contributed by atoms with Crippen molar-refractivity contribution in [2.75, 3.05) is 11.9 Å². The van der Waals surface area contributed by atoms with Gasteiger partial charge in [-0.25, -0.2) is 13.4 Å². The Hall–Kier alpha value is -1.81. The number of fused-ring (bicyclic) bond motifs is 1. The van der Waals surface area contributed by atoms with Gasteiger partial charge in [0.15, 0.2) is 5.13 Å². The van der Waals surface area contributed by atoms with Crippen LogP contribution in [0.2, 0.25) is 0 Å². The molecule has 1 N–H and O–H groups in total. The van der Waals surface area contributed by atoms with Gasteiger partial charge >= 0.3 is 0 Å². The highest BCUT2D eigenvalue weighted by Gasteiger charge is 2.38. The van der Waals surface area contributed by atoms with Gasteiger partial charge in [-0.3, -0.25) is 4.79 Å². The molecule has 1 unspecified atom stereocenters. The molecule has 3 heterocycles. The number of hydrogen-bond acceptors (Lipinski definition) is 6. The number of benzene rings is 1. The number of aromatic nitrogens is 1. The molecule has 1 aliphatic heterocycles. The first-order chi connectivity index (χ1) is 12.9. The van der Waals surface area contributed by atoms with Gasteiger partial charge in [-0.05, 0) is 48.9 Å². The van der Waals surface area contributed by atoms with Crippen LogP contribution < -0.4 is 5.32 Å². The number of carbonyl (C=O) groups excluding carboxylic acids is 1. The number of amides is 1. The fourth-order valence-electron chi connectivity index (χ4n) is 3.25. The molecule has 6 nitrogen and oxygen atoms in total. The highest BCUT2D eigenvalue weighted by Crippen LogP contribution is 2.30. The second-order valence-corrected chi connectivity index (χ2v) is 10.6. The summed E-state index contributed by atoms with van der Waals surface area (Å²) in [5.74, 6) is -0.314. The predicted molar refractivity (Wildman–Crippen MR) is 109 cm³/mol. The first-order valence-electron chi connectivity index (χ1n) is 8.68. The molecule has 1 aromatic carbocycles. The Labute approximate surface area is 165 Å². The van der Waals surface area contributed by atoms with Crippen molar-refractivity contribution >= 4 is 54.0 Å². The Morgan fingerprint density at radius 1 is 1.30 bits per heavy atom. The molecule has 0 aliphatic carbocycles. The van der Waals surface area contributed by atoms with Gasteiger partial charge in [0.1, 0.15) is 10.3 Å². The van der Waals surface area contributed by atoms with E-state index in [0.717, 1.165) is 28.6 Å². The van der Waals surface area contributed by atoms with Crippen molar-refractivity contribution < 1.29 is 13.2 Å². The number of hydrogen-bond donors (Lipinski definition) is 1. The third-order valence-electron chi connectivity index (χ3n) is 4.59. The molecule has 1 fully saturated rings. The minimum atomic E-state index is -3.66. The van der Waals surface area contributed by atoms with E-state index in [1.807, 2.05) is 25.1 Å². The lowest BCUT2D eigenvalue weighted by Gasteiger charge is -2.32. The van der Waals surface area contributed by atoms with E-state index in [2.05, 4.69) is 10.3 Å². The predicted octanol–water partition coefficient (Wildman–Crippen LogP) is 3.85. The molecule has 3 aromatic rings. The number of thiophene rings is 1. The van der Waals surface area contributed by atoms with Crippen molar-refractivity contribution in [2.45, 2.75) is 36.4 Å². The quantitative estimate of drug-likeness (QED) is 0.694. The summed E-state index contributed by atoms with van der Waals surface area (Å²) in [5.41, 5.74) is 1.96. The summed E-state index contributed by atoms with van der Waals surface area (Å²) >= 11 is 2.58. The summed E-state index contributed by atoms with van der Waals surface area (Å²) in [6.45, 7) is 2.37. The van der Waals surface area contributed by atoms with Crippen molar-refractivity contribution in [1.29, 1.82) is 0 Å². The van der Waals surface area contributed by atoms with Crippen molar-refractivity contribution in [3.05, 3.63) is 41.3 Å². The van der Waals surface area contributed by atoms with Crippen molar-refractivity contribution in [1.82, 2.24) is 9.29 Å². The molecule has 27 heavy (non-hydrogen) atoms. The number of piperidine rings is 1. The number of sulfonamides is 1. The third-order valence-corrected chi connectivity index (χ3v) is 8.80. The zero-order valence-electron chi connectivity index (χ0n) is 14.7. The molecule has 9 heteroatoms. The Bertz CT molecular complexity index is 1070. The van der Waals surface area contributed by atoms with Crippen molar-refractivity contribution in [3.8, 4) is 0 Å². The second-order valence-electron chi connectivity index (χ2n) is 6.54. The van der Waals surface area contributed by atoms with Crippen molar-refractivity contribution in [3.63, 3.8) is 0 Å². The van der Waals surface area contributed by atoms with Crippen LogP contribution in [0.3, 0.4) is 0 Å². The molecule has 142 valence electrons. The molecule has 0 spiro atoms. The standard InChI is InChI=1S/C18H19N3O3S3/c1-12-7-8-13-15(11-12)26-18(19-13)20-17(22)14-5-2-3-9-21(14)27(23,24)16-6-4-10-25-16/h4,6-8,10-11,14H,2-3,5,9H2,1H3,(H,19,20,22). The fraction of sp³-hybridized carbons (Fsp3) is 0.333. The van der Waals surface area contributed by atoms with Gasteiger partial charge in [0.2, 0.25) is 5.91 Å². The number of nitrogens with one attached hydrogen (secondary N) is 1.